The lowest BCUT2D eigenvalue weighted by Gasteiger charge is -2.23. The summed E-state index contributed by atoms with van der Waals surface area (Å²) < 4.78 is 26.0. The zero-order valence-corrected chi connectivity index (χ0v) is 12.8. The van der Waals surface area contributed by atoms with E-state index in [1.165, 1.54) is 15.2 Å². The van der Waals surface area contributed by atoms with Crippen LogP contribution in [-0.4, -0.2) is 35.3 Å². The number of aromatic amines is 1. The second kappa shape index (κ2) is 5.87. The van der Waals surface area contributed by atoms with E-state index in [9.17, 15) is 13.2 Å². The number of hydrogen-bond acceptors (Lipinski definition) is 3. The summed E-state index contributed by atoms with van der Waals surface area (Å²) in [6, 6.07) is 0. The number of nitrogens with one attached hydrogen (secondary N) is 1. The number of allylic oxidation sites excluding steroid dienone is 4. The Bertz CT molecular complexity index is 753. The summed E-state index contributed by atoms with van der Waals surface area (Å²) in [5.41, 5.74) is 2.08. The van der Waals surface area contributed by atoms with E-state index >= 15 is 0 Å². The maximum Gasteiger partial charge on any atom is 0.270 e. The van der Waals surface area contributed by atoms with Crippen molar-refractivity contribution in [3.05, 3.63) is 58.6 Å². The maximum absolute atomic E-state index is 12.3. The second-order valence-corrected chi connectivity index (χ2v) is 6.97. The van der Waals surface area contributed by atoms with Crippen LogP contribution in [0.5, 0.6) is 0 Å². The van der Waals surface area contributed by atoms with Crippen LogP contribution >= 0.6 is 0 Å². The number of hydrogen-bond donors (Lipinski definition) is 1. The van der Waals surface area contributed by atoms with Crippen molar-refractivity contribution < 1.29 is 8.42 Å². The number of sulfonamides is 1. The third kappa shape index (κ3) is 3.25. The van der Waals surface area contributed by atoms with Gasteiger partial charge in [0.1, 0.15) is 0 Å². The van der Waals surface area contributed by atoms with Gasteiger partial charge in [0.25, 0.3) is 5.56 Å². The molecule has 0 fully saturated rings. The van der Waals surface area contributed by atoms with Gasteiger partial charge in [-0.05, 0) is 12.0 Å². The average Bonchev–Trinajstić information content (AvgIpc) is 2.73. The van der Waals surface area contributed by atoms with Crippen LogP contribution in [0.4, 0.5) is 0 Å². The Kier molecular flexibility index (Phi) is 4.34. The van der Waals surface area contributed by atoms with E-state index in [1.54, 1.807) is 18.2 Å². The Morgan fingerprint density at radius 2 is 2.14 bits per heavy atom. The molecular weight excluding hydrogens is 290 g/mol. The summed E-state index contributed by atoms with van der Waals surface area (Å²) in [6.07, 6.45) is 6.68. The van der Waals surface area contributed by atoms with Gasteiger partial charge >= 0.3 is 0 Å². The highest BCUT2D eigenvalue weighted by Gasteiger charge is 2.27. The van der Waals surface area contributed by atoms with Crippen LogP contribution in [0, 0.1) is 0 Å². The molecule has 7 heteroatoms. The summed E-state index contributed by atoms with van der Waals surface area (Å²) in [5, 5.41) is 3.00. The van der Waals surface area contributed by atoms with Crippen LogP contribution in [0.25, 0.3) is 0 Å². The van der Waals surface area contributed by atoms with Gasteiger partial charge in [-0.1, -0.05) is 31.4 Å². The van der Waals surface area contributed by atoms with Crippen LogP contribution in [-0.2, 0) is 29.5 Å². The van der Waals surface area contributed by atoms with Crippen LogP contribution < -0.4 is 5.56 Å². The van der Waals surface area contributed by atoms with E-state index in [1.807, 2.05) is 0 Å². The fourth-order valence-corrected chi connectivity index (χ4v) is 3.15. The van der Waals surface area contributed by atoms with E-state index in [4.69, 9.17) is 0 Å². The quantitative estimate of drug-likeness (QED) is 0.817. The van der Waals surface area contributed by atoms with Gasteiger partial charge in [0.05, 0.1) is 25.0 Å². The Hall–Kier alpha value is -1.86. The first kappa shape index (κ1) is 15.5. The first-order valence-corrected chi connectivity index (χ1v) is 8.41. The minimum absolute atomic E-state index is 0.102. The van der Waals surface area contributed by atoms with Gasteiger partial charge in [-0.3, -0.25) is 9.89 Å². The van der Waals surface area contributed by atoms with Crippen LogP contribution in [0.1, 0.15) is 11.3 Å². The van der Waals surface area contributed by atoms with Crippen molar-refractivity contribution in [1.82, 2.24) is 14.1 Å². The second-order valence-electron chi connectivity index (χ2n) is 4.99. The smallest absolute Gasteiger partial charge is 0.270 e. The number of H-pyrrole nitrogens is 1. The number of fused-ring (bicyclic) bond motifs is 1. The standard InChI is InChI=1S/C14H19N3O3S/c1-4-6-11(5-2)9-17-14(18)12-7-8-16(21(3,19)20)10-13(12)15-17/h4-6,15H,1-2,7-10H2,3H3/b11-6+. The summed E-state index contributed by atoms with van der Waals surface area (Å²) in [5.74, 6) is 0. The molecule has 6 nitrogen and oxygen atoms in total. The predicted molar refractivity (Wildman–Crippen MR) is 82.5 cm³/mol. The molecule has 114 valence electrons. The summed E-state index contributed by atoms with van der Waals surface area (Å²) in [4.78, 5) is 12.3. The monoisotopic (exact) mass is 309 g/mol. The normalized spacial score (nSPS) is 16.5. The van der Waals surface area contributed by atoms with E-state index < -0.39 is 10.0 Å². The van der Waals surface area contributed by atoms with Crippen molar-refractivity contribution in [3.63, 3.8) is 0 Å². The molecule has 1 aromatic rings. The van der Waals surface area contributed by atoms with E-state index in [-0.39, 0.29) is 12.1 Å². The van der Waals surface area contributed by atoms with Crippen LogP contribution in [0.3, 0.4) is 0 Å². The molecule has 1 aromatic heterocycles. The molecule has 0 radical (unpaired) electrons. The first-order valence-electron chi connectivity index (χ1n) is 6.56. The van der Waals surface area contributed by atoms with Gasteiger partial charge in [-0.15, -0.1) is 0 Å². The van der Waals surface area contributed by atoms with E-state index in [0.717, 1.165) is 5.57 Å². The highest BCUT2D eigenvalue weighted by atomic mass is 32.2. The third-order valence-corrected chi connectivity index (χ3v) is 4.74. The van der Waals surface area contributed by atoms with E-state index in [0.29, 0.717) is 30.8 Å². The van der Waals surface area contributed by atoms with Crippen LogP contribution in [0.2, 0.25) is 0 Å². The Morgan fingerprint density at radius 3 is 2.71 bits per heavy atom. The fraction of sp³-hybridized carbons (Fsp3) is 0.357. The third-order valence-electron chi connectivity index (χ3n) is 3.49. The fourth-order valence-electron chi connectivity index (χ4n) is 2.37. The minimum Gasteiger partial charge on any atom is -0.298 e. The van der Waals surface area contributed by atoms with Crippen molar-refractivity contribution in [1.29, 1.82) is 0 Å². The largest absolute Gasteiger partial charge is 0.298 e. The molecule has 1 N–H and O–H groups in total. The highest BCUT2D eigenvalue weighted by molar-refractivity contribution is 7.88. The molecule has 0 spiro atoms. The lowest BCUT2D eigenvalue weighted by Crippen LogP contribution is -2.36. The highest BCUT2D eigenvalue weighted by Crippen LogP contribution is 2.16. The molecule has 1 aliphatic rings. The number of rotatable bonds is 5. The molecular formula is C14H19N3O3S. The molecule has 0 saturated heterocycles. The summed E-state index contributed by atoms with van der Waals surface area (Å²) >= 11 is 0. The zero-order chi connectivity index (χ0) is 15.6. The van der Waals surface area contributed by atoms with Crippen molar-refractivity contribution in [2.24, 2.45) is 0 Å². The Labute approximate surface area is 124 Å². The topological polar surface area (TPSA) is 75.2 Å². The maximum atomic E-state index is 12.3. The van der Waals surface area contributed by atoms with Crippen molar-refractivity contribution in [2.45, 2.75) is 19.5 Å². The zero-order valence-electron chi connectivity index (χ0n) is 12.0. The van der Waals surface area contributed by atoms with Gasteiger partial charge < -0.3 is 0 Å². The molecule has 0 atom stereocenters. The lowest BCUT2D eigenvalue weighted by molar-refractivity contribution is 0.389. The molecule has 2 heterocycles. The summed E-state index contributed by atoms with van der Waals surface area (Å²) in [7, 11) is -3.25. The molecule has 21 heavy (non-hydrogen) atoms. The summed E-state index contributed by atoms with van der Waals surface area (Å²) in [6.45, 7) is 8.24. The predicted octanol–water partition coefficient (Wildman–Crippen LogP) is 0.792. The Balaban J connectivity index is 2.32. The SMILES string of the molecule is C=C/C=C(\C=C)Cn1[nH]c2c(c1=O)CCN(S(C)(=O)=O)C2. The molecule has 0 aromatic carbocycles. The van der Waals surface area contributed by atoms with Gasteiger partial charge in [0.2, 0.25) is 10.0 Å². The van der Waals surface area contributed by atoms with Crippen molar-refractivity contribution in [2.75, 3.05) is 12.8 Å². The molecule has 0 unspecified atom stereocenters. The minimum atomic E-state index is -3.25. The molecule has 0 aliphatic carbocycles. The lowest BCUT2D eigenvalue weighted by atomic mass is 10.1. The first-order chi connectivity index (χ1) is 9.86. The average molecular weight is 309 g/mol. The molecule has 0 amide bonds. The van der Waals surface area contributed by atoms with Gasteiger partial charge in [0.15, 0.2) is 0 Å². The van der Waals surface area contributed by atoms with Crippen LogP contribution in [0.15, 0.2) is 41.8 Å². The molecule has 1 aliphatic heterocycles. The van der Waals surface area contributed by atoms with Crippen molar-refractivity contribution in [3.8, 4) is 0 Å². The van der Waals surface area contributed by atoms with Gasteiger partial charge in [-0.25, -0.2) is 13.1 Å². The van der Waals surface area contributed by atoms with E-state index in [2.05, 4.69) is 18.3 Å². The van der Waals surface area contributed by atoms with Crippen molar-refractivity contribution >= 4 is 10.0 Å². The molecule has 0 saturated carbocycles. The number of nitrogens with zero attached hydrogens (tertiary/aromatic N) is 2. The van der Waals surface area contributed by atoms with Gasteiger partial charge in [-0.2, -0.15) is 4.31 Å². The number of aromatic nitrogens is 2. The Morgan fingerprint density at radius 1 is 1.43 bits per heavy atom. The molecule has 0 bridgehead atoms. The molecule has 2 rings (SSSR count). The van der Waals surface area contributed by atoms with Gasteiger partial charge in [0, 0.05) is 12.1 Å².